The highest BCUT2D eigenvalue weighted by atomic mass is 32.2. The third kappa shape index (κ3) is 3.83. The number of carbonyl (C=O) groups is 1. The number of anilines is 3. The molecule has 2 aromatic rings. The molecule has 1 atom stereocenters. The minimum absolute atomic E-state index is 0.0370. The smallest absolute Gasteiger partial charge is 0.261 e. The van der Waals surface area contributed by atoms with Gasteiger partial charge in [0.15, 0.2) is 0 Å². The number of rotatable bonds is 5. The van der Waals surface area contributed by atoms with Crippen molar-refractivity contribution >= 4 is 43.0 Å². The van der Waals surface area contributed by atoms with Gasteiger partial charge in [-0.15, -0.1) is 0 Å². The second-order valence-corrected chi connectivity index (χ2v) is 10.4. The van der Waals surface area contributed by atoms with E-state index in [1.807, 2.05) is 19.0 Å². The highest BCUT2D eigenvalue weighted by Gasteiger charge is 2.41. The molecule has 150 valence electrons. The average Bonchev–Trinajstić information content (AvgIpc) is 2.82. The van der Waals surface area contributed by atoms with Gasteiger partial charge in [-0.2, -0.15) is 0 Å². The van der Waals surface area contributed by atoms with Gasteiger partial charge in [-0.25, -0.2) is 21.1 Å². The molecule has 0 radical (unpaired) electrons. The van der Waals surface area contributed by atoms with Gasteiger partial charge in [-0.3, -0.25) is 9.52 Å². The zero-order valence-electron chi connectivity index (χ0n) is 15.7. The molecule has 0 bridgehead atoms. The SMILES string of the molecule is C[C@@H]1CS(=O)(=O)N(c2ccc(S(=O)(=O)Nc3ccc(N(C)C)cc3)cc2)C1=O. The highest BCUT2D eigenvalue weighted by Crippen LogP contribution is 2.29. The normalized spacial score (nSPS) is 18.9. The van der Waals surface area contributed by atoms with Crippen LogP contribution in [0.2, 0.25) is 0 Å². The van der Waals surface area contributed by atoms with E-state index in [9.17, 15) is 21.6 Å². The fraction of sp³-hybridized carbons (Fsp3) is 0.278. The summed E-state index contributed by atoms with van der Waals surface area (Å²) in [6, 6.07) is 12.1. The summed E-state index contributed by atoms with van der Waals surface area (Å²) in [4.78, 5) is 14.0. The molecule has 0 aliphatic carbocycles. The Morgan fingerprint density at radius 1 is 1.04 bits per heavy atom. The molecule has 0 saturated carbocycles. The van der Waals surface area contributed by atoms with Gasteiger partial charge in [0.2, 0.25) is 15.9 Å². The van der Waals surface area contributed by atoms with Crippen molar-refractivity contribution in [2.75, 3.05) is 33.8 Å². The summed E-state index contributed by atoms with van der Waals surface area (Å²) in [5, 5.41) is 0. The molecule has 0 unspecified atom stereocenters. The standard InChI is InChI=1S/C18H21N3O5S2/c1-13-12-27(23,24)21(18(13)22)16-8-10-17(11-9-16)28(25,26)19-14-4-6-15(7-5-14)20(2)3/h4-11,13,19H,12H2,1-3H3/t13-/m1/s1. The van der Waals surface area contributed by atoms with Gasteiger partial charge in [0, 0.05) is 25.5 Å². The van der Waals surface area contributed by atoms with Crippen molar-refractivity contribution in [2.24, 2.45) is 5.92 Å². The number of hydrogen-bond acceptors (Lipinski definition) is 6. The van der Waals surface area contributed by atoms with Crippen LogP contribution >= 0.6 is 0 Å². The average molecular weight is 424 g/mol. The molecule has 1 aliphatic heterocycles. The third-order valence-electron chi connectivity index (χ3n) is 4.38. The summed E-state index contributed by atoms with van der Waals surface area (Å²) in [6.07, 6.45) is 0. The van der Waals surface area contributed by atoms with Crippen LogP contribution in [0.4, 0.5) is 17.1 Å². The lowest BCUT2D eigenvalue weighted by atomic mass is 10.2. The first-order chi connectivity index (χ1) is 13.0. The topological polar surface area (TPSA) is 104 Å². The second kappa shape index (κ2) is 7.10. The van der Waals surface area contributed by atoms with E-state index in [-0.39, 0.29) is 16.3 Å². The lowest BCUT2D eigenvalue weighted by Crippen LogP contribution is -2.30. The van der Waals surface area contributed by atoms with E-state index in [2.05, 4.69) is 4.72 Å². The minimum Gasteiger partial charge on any atom is -0.378 e. The number of nitrogens with one attached hydrogen (secondary N) is 1. The molecule has 1 amide bonds. The highest BCUT2D eigenvalue weighted by molar-refractivity contribution is 7.94. The Hall–Kier alpha value is -2.59. The number of amides is 1. The van der Waals surface area contributed by atoms with E-state index >= 15 is 0 Å². The summed E-state index contributed by atoms with van der Waals surface area (Å²) in [5.74, 6) is -1.40. The number of hydrogen-bond donors (Lipinski definition) is 1. The molecular formula is C18H21N3O5S2. The summed E-state index contributed by atoms with van der Waals surface area (Å²) in [7, 11) is -3.82. The first-order valence-electron chi connectivity index (χ1n) is 8.48. The molecule has 10 heteroatoms. The van der Waals surface area contributed by atoms with Crippen molar-refractivity contribution in [1.29, 1.82) is 0 Å². The summed E-state index contributed by atoms with van der Waals surface area (Å²) in [5.41, 5.74) is 1.46. The van der Waals surface area contributed by atoms with Crippen LogP contribution in [0.15, 0.2) is 53.4 Å². The van der Waals surface area contributed by atoms with Crippen LogP contribution in [0, 0.1) is 5.92 Å². The zero-order chi connectivity index (χ0) is 20.7. The molecule has 28 heavy (non-hydrogen) atoms. The minimum atomic E-state index is -3.86. The van der Waals surface area contributed by atoms with E-state index in [0.717, 1.165) is 9.99 Å². The summed E-state index contributed by atoms with van der Waals surface area (Å²) in [6.45, 7) is 1.55. The molecule has 1 fully saturated rings. The van der Waals surface area contributed by atoms with Gasteiger partial charge in [-0.05, 0) is 48.5 Å². The molecule has 1 aliphatic rings. The Morgan fingerprint density at radius 2 is 1.61 bits per heavy atom. The van der Waals surface area contributed by atoms with Crippen molar-refractivity contribution in [1.82, 2.24) is 0 Å². The maximum atomic E-state index is 12.6. The monoisotopic (exact) mass is 423 g/mol. The molecular weight excluding hydrogens is 402 g/mol. The lowest BCUT2D eigenvalue weighted by Gasteiger charge is -2.16. The van der Waals surface area contributed by atoms with Crippen LogP contribution in [-0.2, 0) is 24.8 Å². The van der Waals surface area contributed by atoms with E-state index < -0.39 is 31.9 Å². The Balaban J connectivity index is 1.83. The first-order valence-corrected chi connectivity index (χ1v) is 11.6. The van der Waals surface area contributed by atoms with Crippen molar-refractivity contribution in [3.05, 3.63) is 48.5 Å². The van der Waals surface area contributed by atoms with Gasteiger partial charge < -0.3 is 4.90 Å². The predicted molar refractivity (Wildman–Crippen MR) is 108 cm³/mol. The van der Waals surface area contributed by atoms with Crippen molar-refractivity contribution in [2.45, 2.75) is 11.8 Å². The van der Waals surface area contributed by atoms with Gasteiger partial charge in [0.1, 0.15) is 0 Å². The van der Waals surface area contributed by atoms with Crippen LogP contribution in [0.1, 0.15) is 6.92 Å². The molecule has 1 saturated heterocycles. The molecule has 8 nitrogen and oxygen atoms in total. The maximum absolute atomic E-state index is 12.6. The van der Waals surface area contributed by atoms with Crippen LogP contribution < -0.4 is 13.9 Å². The quantitative estimate of drug-likeness (QED) is 0.787. The third-order valence-corrected chi connectivity index (χ3v) is 7.64. The number of carbonyl (C=O) groups excluding carboxylic acids is 1. The van der Waals surface area contributed by atoms with E-state index in [1.165, 1.54) is 24.3 Å². The maximum Gasteiger partial charge on any atom is 0.261 e. The van der Waals surface area contributed by atoms with E-state index in [4.69, 9.17) is 0 Å². The van der Waals surface area contributed by atoms with Crippen molar-refractivity contribution in [3.63, 3.8) is 0 Å². The molecule has 1 N–H and O–H groups in total. The molecule has 3 rings (SSSR count). The Morgan fingerprint density at radius 3 is 2.07 bits per heavy atom. The van der Waals surface area contributed by atoms with Crippen molar-refractivity contribution in [3.8, 4) is 0 Å². The Bertz CT molecular complexity index is 1090. The van der Waals surface area contributed by atoms with Gasteiger partial charge in [0.25, 0.3) is 10.0 Å². The Labute approximate surface area is 164 Å². The molecule has 2 aromatic carbocycles. The lowest BCUT2D eigenvalue weighted by molar-refractivity contribution is -0.119. The van der Waals surface area contributed by atoms with Crippen LogP contribution in [0.3, 0.4) is 0 Å². The fourth-order valence-electron chi connectivity index (χ4n) is 2.89. The van der Waals surface area contributed by atoms with Crippen LogP contribution in [-0.4, -0.2) is 42.6 Å². The number of nitrogens with zero attached hydrogens (tertiary/aromatic N) is 2. The largest absolute Gasteiger partial charge is 0.378 e. The van der Waals surface area contributed by atoms with Crippen molar-refractivity contribution < 1.29 is 21.6 Å². The number of benzene rings is 2. The fourth-order valence-corrected chi connectivity index (χ4v) is 5.77. The van der Waals surface area contributed by atoms with E-state index in [1.54, 1.807) is 31.2 Å². The van der Waals surface area contributed by atoms with E-state index in [0.29, 0.717) is 5.69 Å². The van der Waals surface area contributed by atoms with Gasteiger partial charge in [0.05, 0.1) is 22.3 Å². The molecule has 0 spiro atoms. The predicted octanol–water partition coefficient (Wildman–Crippen LogP) is 1.87. The zero-order valence-corrected chi connectivity index (χ0v) is 17.3. The number of sulfonamides is 2. The molecule has 1 heterocycles. The summed E-state index contributed by atoms with van der Waals surface area (Å²) >= 11 is 0. The first kappa shape index (κ1) is 20.2. The summed E-state index contributed by atoms with van der Waals surface area (Å²) < 4.78 is 52.7. The van der Waals surface area contributed by atoms with Gasteiger partial charge in [-0.1, -0.05) is 6.92 Å². The van der Waals surface area contributed by atoms with Gasteiger partial charge >= 0.3 is 0 Å². The Kier molecular flexibility index (Phi) is 5.11. The second-order valence-electron chi connectivity index (χ2n) is 6.82. The van der Waals surface area contributed by atoms with Crippen LogP contribution in [0.5, 0.6) is 0 Å². The molecule has 0 aromatic heterocycles. The van der Waals surface area contributed by atoms with Crippen LogP contribution in [0.25, 0.3) is 0 Å².